The van der Waals surface area contributed by atoms with Gasteiger partial charge >= 0.3 is 0 Å². The van der Waals surface area contributed by atoms with Crippen molar-refractivity contribution in [2.75, 3.05) is 6.54 Å². The van der Waals surface area contributed by atoms with Crippen molar-refractivity contribution < 1.29 is 4.79 Å². The van der Waals surface area contributed by atoms with Gasteiger partial charge in [-0.2, -0.15) is 0 Å². The molecule has 0 aromatic carbocycles. The minimum Gasteiger partial charge on any atom is -0.335 e. The Morgan fingerprint density at radius 1 is 1.35 bits per heavy atom. The molecule has 0 radical (unpaired) electrons. The largest absolute Gasteiger partial charge is 0.335 e. The maximum Gasteiger partial charge on any atom is 0.264 e. The van der Waals surface area contributed by atoms with Gasteiger partial charge in [0, 0.05) is 12.6 Å². The van der Waals surface area contributed by atoms with Gasteiger partial charge in [-0.1, -0.05) is 33.8 Å². The van der Waals surface area contributed by atoms with E-state index in [-0.39, 0.29) is 5.91 Å². The molecule has 96 valence electrons. The summed E-state index contributed by atoms with van der Waals surface area (Å²) in [6.07, 6.45) is 2.06. The van der Waals surface area contributed by atoms with E-state index < -0.39 is 0 Å². The van der Waals surface area contributed by atoms with Crippen LogP contribution in [0, 0.1) is 5.92 Å². The molecule has 1 aromatic rings. The first kappa shape index (κ1) is 14.2. The average Bonchev–Trinajstić information content (AvgIpc) is 2.81. The molecule has 0 unspecified atom stereocenters. The van der Waals surface area contributed by atoms with Crippen molar-refractivity contribution in [3.05, 3.63) is 22.4 Å². The van der Waals surface area contributed by atoms with E-state index in [0.717, 1.165) is 24.3 Å². The smallest absolute Gasteiger partial charge is 0.264 e. The van der Waals surface area contributed by atoms with Gasteiger partial charge < -0.3 is 4.90 Å². The highest BCUT2D eigenvalue weighted by Gasteiger charge is 2.23. The molecular weight excluding hydrogens is 230 g/mol. The average molecular weight is 253 g/mol. The zero-order valence-corrected chi connectivity index (χ0v) is 12.1. The molecule has 1 rings (SSSR count). The van der Waals surface area contributed by atoms with E-state index in [1.165, 1.54) is 11.3 Å². The molecule has 2 nitrogen and oxygen atoms in total. The molecule has 1 amide bonds. The molecule has 0 fully saturated rings. The Bertz CT molecular complexity index is 328. The lowest BCUT2D eigenvalue weighted by molar-refractivity contribution is 0.0645. The second-order valence-corrected chi connectivity index (χ2v) is 5.75. The fraction of sp³-hybridized carbons (Fsp3) is 0.643. The minimum absolute atomic E-state index is 0.197. The number of hydrogen-bond acceptors (Lipinski definition) is 2. The standard InChI is InChI=1S/C14H23NOS/c1-5-12(6-2)15(10-11(3)4)14(16)13-8-7-9-17-13/h7-9,11-12H,5-6,10H2,1-4H3. The Labute approximate surface area is 109 Å². The molecular formula is C14H23NOS. The summed E-state index contributed by atoms with van der Waals surface area (Å²) in [5.74, 6) is 0.710. The van der Waals surface area contributed by atoms with Crippen LogP contribution in [0.1, 0.15) is 50.2 Å². The molecule has 3 heteroatoms. The van der Waals surface area contributed by atoms with E-state index in [1.54, 1.807) is 0 Å². The van der Waals surface area contributed by atoms with Gasteiger partial charge in [0.15, 0.2) is 0 Å². The molecule has 1 aromatic heterocycles. The van der Waals surface area contributed by atoms with Crippen LogP contribution in [-0.2, 0) is 0 Å². The van der Waals surface area contributed by atoms with Crippen molar-refractivity contribution in [2.24, 2.45) is 5.92 Å². The number of thiophene rings is 1. The molecule has 0 atom stereocenters. The summed E-state index contributed by atoms with van der Waals surface area (Å²) in [5.41, 5.74) is 0. The Kier molecular flexibility index (Phi) is 5.69. The Morgan fingerprint density at radius 2 is 2.00 bits per heavy atom. The van der Waals surface area contributed by atoms with Gasteiger partial charge in [0.05, 0.1) is 4.88 Å². The Balaban J connectivity index is 2.85. The van der Waals surface area contributed by atoms with Gasteiger partial charge in [-0.15, -0.1) is 11.3 Å². The van der Waals surface area contributed by atoms with Crippen LogP contribution in [0.2, 0.25) is 0 Å². The molecule has 1 heterocycles. The quantitative estimate of drug-likeness (QED) is 0.749. The molecule has 0 N–H and O–H groups in total. The summed E-state index contributed by atoms with van der Waals surface area (Å²) in [7, 11) is 0. The second-order valence-electron chi connectivity index (χ2n) is 4.80. The number of carbonyl (C=O) groups excluding carboxylic acids is 1. The van der Waals surface area contributed by atoms with Gasteiger partial charge in [0.1, 0.15) is 0 Å². The van der Waals surface area contributed by atoms with Crippen LogP contribution in [0.4, 0.5) is 0 Å². The Morgan fingerprint density at radius 3 is 2.41 bits per heavy atom. The van der Waals surface area contributed by atoms with Crippen molar-refractivity contribution in [1.82, 2.24) is 4.90 Å². The third-order valence-corrected chi connectivity index (χ3v) is 3.80. The van der Waals surface area contributed by atoms with Crippen LogP contribution < -0.4 is 0 Å². The minimum atomic E-state index is 0.197. The number of amides is 1. The summed E-state index contributed by atoms with van der Waals surface area (Å²) in [5, 5.41) is 1.97. The molecule has 0 aliphatic carbocycles. The maximum absolute atomic E-state index is 12.4. The van der Waals surface area contributed by atoms with Gasteiger partial charge in [-0.05, 0) is 30.2 Å². The molecule has 0 bridgehead atoms. The lowest BCUT2D eigenvalue weighted by Gasteiger charge is -2.31. The fourth-order valence-corrected chi connectivity index (χ4v) is 2.74. The van der Waals surface area contributed by atoms with Gasteiger partial charge in [0.2, 0.25) is 0 Å². The van der Waals surface area contributed by atoms with Crippen molar-refractivity contribution in [3.8, 4) is 0 Å². The fourth-order valence-electron chi connectivity index (χ4n) is 2.06. The van der Waals surface area contributed by atoms with Crippen molar-refractivity contribution in [3.63, 3.8) is 0 Å². The highest BCUT2D eigenvalue weighted by molar-refractivity contribution is 7.12. The van der Waals surface area contributed by atoms with Crippen LogP contribution >= 0.6 is 11.3 Å². The monoisotopic (exact) mass is 253 g/mol. The zero-order valence-electron chi connectivity index (χ0n) is 11.3. The van der Waals surface area contributed by atoms with Gasteiger partial charge in [-0.25, -0.2) is 0 Å². The first-order valence-electron chi connectivity index (χ1n) is 6.44. The Hall–Kier alpha value is -0.830. The highest BCUT2D eigenvalue weighted by atomic mass is 32.1. The lowest BCUT2D eigenvalue weighted by atomic mass is 10.1. The number of carbonyl (C=O) groups is 1. The number of nitrogens with zero attached hydrogens (tertiary/aromatic N) is 1. The SMILES string of the molecule is CCC(CC)N(CC(C)C)C(=O)c1cccs1. The van der Waals surface area contributed by atoms with Crippen molar-refractivity contribution in [2.45, 2.75) is 46.6 Å². The first-order chi connectivity index (χ1) is 8.10. The van der Waals surface area contributed by atoms with Crippen molar-refractivity contribution in [1.29, 1.82) is 0 Å². The molecule has 0 spiro atoms. The zero-order chi connectivity index (χ0) is 12.8. The third-order valence-electron chi connectivity index (χ3n) is 2.94. The molecule has 0 saturated heterocycles. The summed E-state index contributed by atoms with van der Waals surface area (Å²) < 4.78 is 0. The summed E-state index contributed by atoms with van der Waals surface area (Å²) in [4.78, 5) is 15.3. The summed E-state index contributed by atoms with van der Waals surface area (Å²) >= 11 is 1.53. The summed E-state index contributed by atoms with van der Waals surface area (Å²) in [6, 6.07) is 4.23. The highest BCUT2D eigenvalue weighted by Crippen LogP contribution is 2.18. The third kappa shape index (κ3) is 3.84. The first-order valence-corrected chi connectivity index (χ1v) is 7.32. The van der Waals surface area contributed by atoms with E-state index in [9.17, 15) is 4.79 Å². The van der Waals surface area contributed by atoms with Crippen LogP contribution in [-0.4, -0.2) is 23.4 Å². The van der Waals surface area contributed by atoms with Crippen LogP contribution in [0.5, 0.6) is 0 Å². The molecule has 0 saturated carbocycles. The molecule has 0 aliphatic heterocycles. The predicted molar refractivity (Wildman–Crippen MR) is 74.6 cm³/mol. The normalized spacial score (nSPS) is 11.2. The van der Waals surface area contributed by atoms with E-state index >= 15 is 0 Å². The molecule has 17 heavy (non-hydrogen) atoms. The topological polar surface area (TPSA) is 20.3 Å². The maximum atomic E-state index is 12.4. The van der Waals surface area contributed by atoms with Gasteiger partial charge in [-0.3, -0.25) is 4.79 Å². The van der Waals surface area contributed by atoms with E-state index in [4.69, 9.17) is 0 Å². The molecule has 0 aliphatic rings. The summed E-state index contributed by atoms with van der Waals surface area (Å²) in [6.45, 7) is 9.49. The van der Waals surface area contributed by atoms with E-state index in [1.807, 2.05) is 17.5 Å². The van der Waals surface area contributed by atoms with E-state index in [2.05, 4.69) is 32.6 Å². The predicted octanol–water partition coefficient (Wildman–Crippen LogP) is 4.03. The van der Waals surface area contributed by atoms with Crippen LogP contribution in [0.25, 0.3) is 0 Å². The van der Waals surface area contributed by atoms with Crippen molar-refractivity contribution >= 4 is 17.2 Å². The lowest BCUT2D eigenvalue weighted by Crippen LogP contribution is -2.41. The van der Waals surface area contributed by atoms with Gasteiger partial charge in [0.25, 0.3) is 5.91 Å². The second kappa shape index (κ2) is 6.80. The van der Waals surface area contributed by atoms with Crippen LogP contribution in [0.3, 0.4) is 0 Å². The van der Waals surface area contributed by atoms with Crippen LogP contribution in [0.15, 0.2) is 17.5 Å². The number of hydrogen-bond donors (Lipinski definition) is 0. The van der Waals surface area contributed by atoms with E-state index in [0.29, 0.717) is 12.0 Å². The number of rotatable bonds is 6.